The predicted octanol–water partition coefficient (Wildman–Crippen LogP) is 5.42. The van der Waals surface area contributed by atoms with Crippen molar-refractivity contribution in [3.05, 3.63) is 83.8 Å². The molecule has 2 amide bonds. The van der Waals surface area contributed by atoms with Crippen molar-refractivity contribution in [2.24, 2.45) is 0 Å². The van der Waals surface area contributed by atoms with Gasteiger partial charge in [0, 0.05) is 10.5 Å². The minimum absolute atomic E-state index is 0.0820. The third-order valence-electron chi connectivity index (χ3n) is 4.77. The Balaban J connectivity index is 1.47. The van der Waals surface area contributed by atoms with E-state index in [1.54, 1.807) is 29.8 Å². The molecule has 0 unspecified atom stereocenters. The predicted molar refractivity (Wildman–Crippen MR) is 122 cm³/mol. The van der Waals surface area contributed by atoms with E-state index < -0.39 is 0 Å². The molecule has 30 heavy (non-hydrogen) atoms. The lowest BCUT2D eigenvalue weighted by atomic mass is 10.1. The Morgan fingerprint density at radius 2 is 1.97 bits per heavy atom. The highest BCUT2D eigenvalue weighted by Crippen LogP contribution is 2.39. The van der Waals surface area contributed by atoms with Gasteiger partial charge < -0.3 is 14.6 Å². The standard InChI is InChI=1S/C23H22N2O3S2/c1-2-29-20-8-4-3-7-19(20)24-22(27)16-9-11-17(12-10-16)23-25(21(26)15-30-23)14-18-6-5-13-28-18/h3-13,23H,2,14-15H2,1H3,(H,24,27)/t23-/m1/s1. The van der Waals surface area contributed by atoms with Crippen LogP contribution in [0.25, 0.3) is 0 Å². The topological polar surface area (TPSA) is 62.6 Å². The molecule has 1 saturated heterocycles. The van der Waals surface area contributed by atoms with Crippen LogP contribution in [0.3, 0.4) is 0 Å². The molecule has 1 aromatic heterocycles. The third kappa shape index (κ3) is 4.57. The van der Waals surface area contributed by atoms with Gasteiger partial charge in [0.15, 0.2) is 0 Å². The van der Waals surface area contributed by atoms with Crippen molar-refractivity contribution in [2.45, 2.75) is 23.7 Å². The summed E-state index contributed by atoms with van der Waals surface area (Å²) in [6.45, 7) is 2.53. The second-order valence-electron chi connectivity index (χ2n) is 6.77. The van der Waals surface area contributed by atoms with Gasteiger partial charge in [-0.05, 0) is 47.7 Å². The molecule has 5 nitrogen and oxygen atoms in total. The van der Waals surface area contributed by atoms with E-state index in [4.69, 9.17) is 4.42 Å². The van der Waals surface area contributed by atoms with E-state index in [1.807, 2.05) is 65.6 Å². The average molecular weight is 439 g/mol. The van der Waals surface area contributed by atoms with Crippen LogP contribution in [-0.4, -0.2) is 28.2 Å². The fraction of sp³-hybridized carbons (Fsp3) is 0.217. The summed E-state index contributed by atoms with van der Waals surface area (Å²) in [4.78, 5) is 27.9. The number of carbonyl (C=O) groups is 2. The first-order valence-corrected chi connectivity index (χ1v) is 11.8. The lowest BCUT2D eigenvalue weighted by Gasteiger charge is -2.23. The average Bonchev–Trinajstić information content (AvgIpc) is 3.40. The first kappa shape index (κ1) is 20.6. The number of para-hydroxylation sites is 1. The molecule has 1 atom stereocenters. The van der Waals surface area contributed by atoms with E-state index in [9.17, 15) is 9.59 Å². The third-order valence-corrected chi connectivity index (χ3v) is 6.98. The van der Waals surface area contributed by atoms with Gasteiger partial charge >= 0.3 is 0 Å². The lowest BCUT2D eigenvalue weighted by molar-refractivity contribution is -0.128. The number of rotatable bonds is 7. The molecule has 0 radical (unpaired) electrons. The smallest absolute Gasteiger partial charge is 0.255 e. The van der Waals surface area contributed by atoms with Gasteiger partial charge in [0.1, 0.15) is 11.1 Å². The molecule has 2 aromatic carbocycles. The van der Waals surface area contributed by atoms with Crippen LogP contribution in [0.2, 0.25) is 0 Å². The molecule has 0 spiro atoms. The van der Waals surface area contributed by atoms with E-state index in [1.165, 1.54) is 0 Å². The first-order chi connectivity index (χ1) is 14.7. The van der Waals surface area contributed by atoms with Crippen LogP contribution in [0.1, 0.15) is 34.0 Å². The Bertz CT molecular complexity index is 1020. The Hall–Kier alpha value is -2.64. The molecule has 2 heterocycles. The fourth-order valence-electron chi connectivity index (χ4n) is 3.32. The van der Waals surface area contributed by atoms with E-state index >= 15 is 0 Å². The van der Waals surface area contributed by atoms with Crippen molar-refractivity contribution >= 4 is 41.0 Å². The number of carbonyl (C=O) groups excluding carboxylic acids is 2. The number of nitrogens with zero attached hydrogens (tertiary/aromatic N) is 1. The lowest BCUT2D eigenvalue weighted by Crippen LogP contribution is -2.27. The minimum Gasteiger partial charge on any atom is -0.467 e. The Kier molecular flexibility index (Phi) is 6.50. The number of hydrogen-bond acceptors (Lipinski definition) is 5. The van der Waals surface area contributed by atoms with Crippen molar-refractivity contribution in [3.63, 3.8) is 0 Å². The van der Waals surface area contributed by atoms with E-state index in [-0.39, 0.29) is 17.2 Å². The van der Waals surface area contributed by atoms with Crippen LogP contribution in [0.15, 0.2) is 76.2 Å². The molecule has 4 rings (SSSR count). The van der Waals surface area contributed by atoms with Gasteiger partial charge in [-0.3, -0.25) is 9.59 Å². The molecule has 1 aliphatic heterocycles. The summed E-state index contributed by atoms with van der Waals surface area (Å²) >= 11 is 3.29. The zero-order valence-corrected chi connectivity index (χ0v) is 18.2. The molecule has 0 saturated carbocycles. The molecule has 3 aromatic rings. The number of furan rings is 1. The molecular formula is C23H22N2O3S2. The summed E-state index contributed by atoms with van der Waals surface area (Å²) in [7, 11) is 0. The molecule has 154 valence electrons. The summed E-state index contributed by atoms with van der Waals surface area (Å²) in [5.41, 5.74) is 2.40. The van der Waals surface area contributed by atoms with E-state index in [2.05, 4.69) is 12.2 Å². The zero-order chi connectivity index (χ0) is 20.9. The number of amides is 2. The van der Waals surface area contributed by atoms with Crippen molar-refractivity contribution in [3.8, 4) is 0 Å². The largest absolute Gasteiger partial charge is 0.467 e. The van der Waals surface area contributed by atoms with Crippen LogP contribution >= 0.6 is 23.5 Å². The maximum Gasteiger partial charge on any atom is 0.255 e. The molecule has 1 aliphatic rings. The minimum atomic E-state index is -0.145. The van der Waals surface area contributed by atoms with E-state index in [0.29, 0.717) is 17.9 Å². The number of benzene rings is 2. The maximum atomic E-state index is 12.7. The first-order valence-electron chi connectivity index (χ1n) is 9.72. The van der Waals surface area contributed by atoms with Gasteiger partial charge in [0.2, 0.25) is 5.91 Å². The van der Waals surface area contributed by atoms with Crippen molar-refractivity contribution < 1.29 is 14.0 Å². The summed E-state index contributed by atoms with van der Waals surface area (Å²) in [5, 5.41) is 2.92. The summed E-state index contributed by atoms with van der Waals surface area (Å²) < 4.78 is 5.40. The summed E-state index contributed by atoms with van der Waals surface area (Å²) in [5.74, 6) is 2.09. The number of thioether (sulfide) groups is 2. The van der Waals surface area contributed by atoms with Crippen molar-refractivity contribution in [1.82, 2.24) is 4.90 Å². The summed E-state index contributed by atoms with van der Waals surface area (Å²) in [6, 6.07) is 19.0. The van der Waals surface area contributed by atoms with Crippen LogP contribution < -0.4 is 5.32 Å². The highest BCUT2D eigenvalue weighted by Gasteiger charge is 2.33. The second-order valence-corrected chi connectivity index (χ2v) is 9.14. The Morgan fingerprint density at radius 1 is 1.17 bits per heavy atom. The summed E-state index contributed by atoms with van der Waals surface area (Å²) in [6.07, 6.45) is 1.61. The number of nitrogens with one attached hydrogen (secondary N) is 1. The molecule has 7 heteroatoms. The van der Waals surface area contributed by atoms with Crippen molar-refractivity contribution in [2.75, 3.05) is 16.8 Å². The highest BCUT2D eigenvalue weighted by atomic mass is 32.2. The SMILES string of the molecule is CCSc1ccccc1NC(=O)c1ccc([C@H]2SCC(=O)N2Cc2ccco2)cc1. The maximum absolute atomic E-state index is 12.7. The van der Waals surface area contributed by atoms with Gasteiger partial charge in [-0.15, -0.1) is 23.5 Å². The van der Waals surface area contributed by atoms with Gasteiger partial charge in [0.25, 0.3) is 5.91 Å². The van der Waals surface area contributed by atoms with Crippen molar-refractivity contribution in [1.29, 1.82) is 0 Å². The molecule has 0 bridgehead atoms. The quantitative estimate of drug-likeness (QED) is 0.499. The molecule has 1 fully saturated rings. The second kappa shape index (κ2) is 9.45. The number of hydrogen-bond donors (Lipinski definition) is 1. The molecule has 1 N–H and O–H groups in total. The van der Waals surface area contributed by atoms with E-state index in [0.717, 1.165) is 27.7 Å². The molecule has 0 aliphatic carbocycles. The van der Waals surface area contributed by atoms with Gasteiger partial charge in [-0.25, -0.2) is 0 Å². The van der Waals surface area contributed by atoms with Gasteiger partial charge in [-0.2, -0.15) is 0 Å². The Morgan fingerprint density at radius 3 is 2.70 bits per heavy atom. The Labute approximate surface area is 184 Å². The monoisotopic (exact) mass is 438 g/mol. The normalized spacial score (nSPS) is 16.1. The van der Waals surface area contributed by atoms with Gasteiger partial charge in [-0.1, -0.05) is 31.2 Å². The fourth-order valence-corrected chi connectivity index (χ4v) is 5.26. The highest BCUT2D eigenvalue weighted by molar-refractivity contribution is 8.00. The van der Waals surface area contributed by atoms with Crippen LogP contribution in [0.4, 0.5) is 5.69 Å². The zero-order valence-electron chi connectivity index (χ0n) is 16.5. The molecular weight excluding hydrogens is 416 g/mol. The van der Waals surface area contributed by atoms with Crippen LogP contribution in [-0.2, 0) is 11.3 Å². The van der Waals surface area contributed by atoms with Crippen LogP contribution in [0, 0.1) is 0 Å². The number of anilines is 1. The van der Waals surface area contributed by atoms with Crippen LogP contribution in [0.5, 0.6) is 0 Å². The van der Waals surface area contributed by atoms with Gasteiger partial charge in [0.05, 0.1) is 24.2 Å².